The first kappa shape index (κ1) is 43.1. The van der Waals surface area contributed by atoms with Crippen LogP contribution in [0.25, 0.3) is 0 Å². The number of phosphoric ester groups is 1. The molecule has 1 aromatic rings. The second-order valence-electron chi connectivity index (χ2n) is 12.0. The van der Waals surface area contributed by atoms with Crippen LogP contribution in [-0.2, 0) is 31.6 Å². The van der Waals surface area contributed by atoms with Crippen LogP contribution >= 0.6 is 23.5 Å². The normalized spacial score (nSPS) is 23.9. The highest BCUT2D eigenvalue weighted by Crippen LogP contribution is 2.66. The zero-order valence-corrected chi connectivity index (χ0v) is 30.6. The average Bonchev–Trinajstić information content (AvgIpc) is 3.22. The molecule has 0 spiro atoms. The number of phosphoric acid groups is 3. The number of nitrogens with one attached hydrogen (secondary N) is 1. The van der Waals surface area contributed by atoms with Crippen LogP contribution in [-0.4, -0.2) is 63.8 Å². The van der Waals surface area contributed by atoms with E-state index < -0.39 is 65.4 Å². The van der Waals surface area contributed by atoms with E-state index in [2.05, 4.69) is 47.6 Å². The van der Waals surface area contributed by atoms with Crippen molar-refractivity contribution in [1.29, 1.82) is 0 Å². The van der Waals surface area contributed by atoms with Crippen molar-refractivity contribution in [3.05, 3.63) is 79.7 Å². The van der Waals surface area contributed by atoms with Gasteiger partial charge in [-0.1, -0.05) is 46.6 Å². The Balaban J connectivity index is 2.19. The summed E-state index contributed by atoms with van der Waals surface area (Å²) < 4.78 is 54.7. The van der Waals surface area contributed by atoms with Gasteiger partial charge in [0.25, 0.3) is 5.56 Å². The van der Waals surface area contributed by atoms with Crippen LogP contribution in [0, 0.1) is 0 Å². The van der Waals surface area contributed by atoms with Crippen molar-refractivity contribution in [3.8, 4) is 0 Å². The molecule has 20 heteroatoms. The van der Waals surface area contributed by atoms with E-state index in [-0.39, 0.29) is 6.42 Å². The van der Waals surface area contributed by atoms with E-state index in [1.807, 2.05) is 11.9 Å². The summed E-state index contributed by atoms with van der Waals surface area (Å²) >= 11 is 0. The van der Waals surface area contributed by atoms with Gasteiger partial charge in [-0.3, -0.25) is 18.9 Å². The van der Waals surface area contributed by atoms with E-state index >= 15 is 0 Å². The lowest BCUT2D eigenvalue weighted by atomic mass is 10.0. The molecule has 0 bridgehead atoms. The standard InChI is InChI=1S/C29H47N2O15P3/c1-19(2)9-6-10-20(3)11-7-12-21(4)13-8-14-22(5)15-16-23(44-48(39,40)46-49(41,42)45-47(36,37)38)27-25(33)26(34)28(43-27)31-18-17-24(32)30-29(31)35/h9,11,13,15,17-18,23,25-28,33-34H,6-8,10,12,14,16H2,1-5H3,(H,39,40)(H,41,42)(H,30,32,35)(H2,36,37,38)/b20-11+,21-13+,22-15+/t23?,25-,26+,27+,28+/m0/s1. The molecule has 1 fully saturated rings. The number of aromatic amines is 1. The van der Waals surface area contributed by atoms with Gasteiger partial charge in [-0.15, -0.1) is 0 Å². The van der Waals surface area contributed by atoms with E-state index in [1.54, 1.807) is 13.0 Å². The van der Waals surface area contributed by atoms with Crippen molar-refractivity contribution in [2.24, 2.45) is 0 Å². The van der Waals surface area contributed by atoms with Crippen LogP contribution in [0.15, 0.2) is 68.4 Å². The molecule has 0 aromatic carbocycles. The molecule has 2 heterocycles. The molecule has 0 amide bonds. The molecule has 3 unspecified atom stereocenters. The van der Waals surface area contributed by atoms with Crippen molar-refractivity contribution >= 4 is 23.5 Å². The van der Waals surface area contributed by atoms with Gasteiger partial charge in [0.15, 0.2) is 6.23 Å². The molecule has 2 rings (SSSR count). The zero-order chi connectivity index (χ0) is 37.2. The lowest BCUT2D eigenvalue weighted by molar-refractivity contribution is -0.0823. The topological polar surface area (TPSA) is 264 Å². The van der Waals surface area contributed by atoms with Gasteiger partial charge in [0.2, 0.25) is 0 Å². The fourth-order valence-electron chi connectivity index (χ4n) is 4.86. The van der Waals surface area contributed by atoms with Gasteiger partial charge >= 0.3 is 29.2 Å². The predicted molar refractivity (Wildman–Crippen MR) is 179 cm³/mol. The molecule has 0 saturated carbocycles. The van der Waals surface area contributed by atoms with Crippen molar-refractivity contribution < 1.29 is 61.4 Å². The Morgan fingerprint density at radius 1 is 0.837 bits per heavy atom. The number of aliphatic hydroxyl groups is 2. The fourth-order valence-corrected chi connectivity index (χ4v) is 8.07. The Kier molecular flexibility index (Phi) is 16.7. The summed E-state index contributed by atoms with van der Waals surface area (Å²) in [6.07, 6.45) is 5.08. The minimum atomic E-state index is -5.87. The molecule has 7 atom stereocenters. The molecule has 0 aliphatic carbocycles. The highest BCUT2D eigenvalue weighted by atomic mass is 31.3. The largest absolute Gasteiger partial charge is 0.490 e. The maximum atomic E-state index is 12.7. The number of nitrogens with zero attached hydrogens (tertiary/aromatic N) is 1. The summed E-state index contributed by atoms with van der Waals surface area (Å²) in [4.78, 5) is 63.2. The molecule has 1 aliphatic rings. The molecular formula is C29H47N2O15P3. The van der Waals surface area contributed by atoms with E-state index in [1.165, 1.54) is 16.7 Å². The fraction of sp³-hybridized carbons (Fsp3) is 0.586. The third-order valence-electron chi connectivity index (χ3n) is 7.30. The number of rotatable bonds is 19. The Morgan fingerprint density at radius 3 is 1.88 bits per heavy atom. The second kappa shape index (κ2) is 19.0. The van der Waals surface area contributed by atoms with Crippen LogP contribution in [0.5, 0.6) is 0 Å². The van der Waals surface area contributed by atoms with Gasteiger partial charge in [-0.05, 0) is 79.6 Å². The van der Waals surface area contributed by atoms with Gasteiger partial charge < -0.3 is 34.5 Å². The predicted octanol–water partition coefficient (Wildman–Crippen LogP) is 4.40. The Hall–Kier alpha value is -2.07. The van der Waals surface area contributed by atoms with Gasteiger partial charge in [-0.25, -0.2) is 18.5 Å². The van der Waals surface area contributed by atoms with Crippen molar-refractivity contribution in [3.63, 3.8) is 0 Å². The summed E-state index contributed by atoms with van der Waals surface area (Å²) in [6, 6.07) is 0.952. The van der Waals surface area contributed by atoms with E-state index in [0.717, 1.165) is 48.1 Å². The monoisotopic (exact) mass is 756 g/mol. The molecule has 0 radical (unpaired) electrons. The third kappa shape index (κ3) is 15.8. The molecule has 1 saturated heterocycles. The van der Waals surface area contributed by atoms with Crippen molar-refractivity contribution in [1.82, 2.24) is 9.55 Å². The molecule has 17 nitrogen and oxygen atoms in total. The van der Waals surface area contributed by atoms with Gasteiger partial charge in [-0.2, -0.15) is 8.62 Å². The van der Waals surface area contributed by atoms with Crippen molar-refractivity contribution in [2.75, 3.05) is 0 Å². The zero-order valence-electron chi connectivity index (χ0n) is 27.9. The number of aromatic nitrogens is 2. The first-order chi connectivity index (χ1) is 22.6. The maximum absolute atomic E-state index is 12.7. The second-order valence-corrected chi connectivity index (χ2v) is 16.4. The summed E-state index contributed by atoms with van der Waals surface area (Å²) in [5.74, 6) is 0. The summed E-state index contributed by atoms with van der Waals surface area (Å²) in [5.41, 5.74) is 2.82. The summed E-state index contributed by atoms with van der Waals surface area (Å²) in [7, 11) is -17.2. The maximum Gasteiger partial charge on any atom is 0.490 e. The number of aliphatic hydroxyl groups excluding tert-OH is 2. The van der Waals surface area contributed by atoms with Crippen LogP contribution < -0.4 is 11.2 Å². The molecule has 49 heavy (non-hydrogen) atoms. The van der Waals surface area contributed by atoms with Crippen LogP contribution in [0.3, 0.4) is 0 Å². The van der Waals surface area contributed by atoms with Gasteiger partial charge in [0.05, 0.1) is 0 Å². The SMILES string of the molecule is CC(C)=CCC/C(C)=C/CC/C(C)=C/CC/C(C)=C/CC(OP(=O)(O)OP(=O)(O)OP(=O)(O)O)[C@H]1O[C@@H](n2ccc(=O)[nH]c2=O)[C@H](O)[C@@H]1O. The molecule has 278 valence electrons. The van der Waals surface area contributed by atoms with Gasteiger partial charge in [0, 0.05) is 12.3 Å². The third-order valence-corrected chi connectivity index (χ3v) is 11.2. The highest BCUT2D eigenvalue weighted by Gasteiger charge is 2.50. The molecule has 1 aliphatic heterocycles. The smallest absolute Gasteiger partial charge is 0.387 e. The average molecular weight is 757 g/mol. The van der Waals surface area contributed by atoms with Crippen LogP contribution in [0.4, 0.5) is 0 Å². The van der Waals surface area contributed by atoms with E-state index in [4.69, 9.17) is 19.0 Å². The van der Waals surface area contributed by atoms with Crippen molar-refractivity contribution in [2.45, 2.75) is 110 Å². The summed E-state index contributed by atoms with van der Waals surface area (Å²) in [6.45, 7) is 10.0. The Morgan fingerprint density at radius 2 is 1.37 bits per heavy atom. The summed E-state index contributed by atoms with van der Waals surface area (Å²) in [5, 5.41) is 21.5. The minimum Gasteiger partial charge on any atom is -0.387 e. The lowest BCUT2D eigenvalue weighted by Gasteiger charge is -2.27. The number of hydrogen-bond donors (Lipinski definition) is 7. The molecule has 7 N–H and O–H groups in total. The van der Waals surface area contributed by atoms with E-state index in [0.29, 0.717) is 12.8 Å². The van der Waals surface area contributed by atoms with Crippen LogP contribution in [0.2, 0.25) is 0 Å². The first-order valence-corrected chi connectivity index (χ1v) is 19.9. The van der Waals surface area contributed by atoms with Gasteiger partial charge in [0.1, 0.15) is 24.4 Å². The Labute approximate surface area is 284 Å². The highest BCUT2D eigenvalue weighted by molar-refractivity contribution is 7.66. The van der Waals surface area contributed by atoms with E-state index in [9.17, 15) is 43.3 Å². The quantitative estimate of drug-likeness (QED) is 0.0762. The number of H-pyrrole nitrogens is 1. The number of allylic oxidation sites excluding steroid dienone is 7. The Bertz CT molecular complexity index is 1650. The number of ether oxygens (including phenoxy) is 1. The lowest BCUT2D eigenvalue weighted by Crippen LogP contribution is -2.40. The number of hydrogen-bond acceptors (Lipinski definition) is 11. The first-order valence-electron chi connectivity index (χ1n) is 15.3. The molecular weight excluding hydrogens is 709 g/mol. The minimum absolute atomic E-state index is 0.309. The van der Waals surface area contributed by atoms with Crippen LogP contribution in [0.1, 0.15) is 85.8 Å². The molecule has 1 aromatic heterocycles.